The van der Waals surface area contributed by atoms with Crippen LogP contribution in [0.2, 0.25) is 0 Å². The molecule has 0 radical (unpaired) electrons. The minimum atomic E-state index is -0.608. The van der Waals surface area contributed by atoms with Crippen molar-refractivity contribution in [3.8, 4) is 11.5 Å². The molecule has 1 unspecified atom stereocenters. The first-order valence-corrected chi connectivity index (χ1v) is 10.7. The molecule has 1 N–H and O–H groups in total. The van der Waals surface area contributed by atoms with Gasteiger partial charge in [0.1, 0.15) is 6.29 Å². The SMILES string of the molecule is Cc1ccc(C(=O)Oc2ccc(C(C=O)NC(C)C)cc2OC(=O)c2ccc(C)cc2)cc1. The van der Waals surface area contributed by atoms with Crippen molar-refractivity contribution in [2.45, 2.75) is 39.8 Å². The topological polar surface area (TPSA) is 81.7 Å². The van der Waals surface area contributed by atoms with Crippen LogP contribution in [0.1, 0.15) is 57.3 Å². The molecular formula is C27H27NO5. The third kappa shape index (κ3) is 6.37. The van der Waals surface area contributed by atoms with E-state index in [0.717, 1.165) is 17.4 Å². The van der Waals surface area contributed by atoms with Gasteiger partial charge >= 0.3 is 11.9 Å². The van der Waals surface area contributed by atoms with Gasteiger partial charge in [0.2, 0.25) is 0 Å². The molecule has 0 spiro atoms. The predicted octanol–water partition coefficient (Wildman–Crippen LogP) is 4.98. The van der Waals surface area contributed by atoms with Crippen LogP contribution in [0, 0.1) is 13.8 Å². The average molecular weight is 446 g/mol. The Kier molecular flexibility index (Phi) is 7.74. The molecule has 6 nitrogen and oxygen atoms in total. The maximum absolute atomic E-state index is 12.8. The Morgan fingerprint density at radius 3 is 1.70 bits per heavy atom. The maximum atomic E-state index is 12.8. The van der Waals surface area contributed by atoms with E-state index in [2.05, 4.69) is 5.32 Å². The van der Waals surface area contributed by atoms with Crippen LogP contribution in [0.4, 0.5) is 0 Å². The summed E-state index contributed by atoms with van der Waals surface area (Å²) in [5.41, 5.74) is 3.33. The molecule has 0 amide bonds. The third-order valence-corrected chi connectivity index (χ3v) is 4.96. The number of carbonyl (C=O) groups excluding carboxylic acids is 3. The van der Waals surface area contributed by atoms with Gasteiger partial charge in [-0.1, -0.05) is 41.5 Å². The molecule has 33 heavy (non-hydrogen) atoms. The molecule has 3 rings (SSSR count). The van der Waals surface area contributed by atoms with Crippen molar-refractivity contribution < 1.29 is 23.9 Å². The highest BCUT2D eigenvalue weighted by atomic mass is 16.6. The predicted molar refractivity (Wildman–Crippen MR) is 126 cm³/mol. The summed E-state index contributed by atoms with van der Waals surface area (Å²) in [5, 5.41) is 3.14. The van der Waals surface area contributed by atoms with Crippen LogP contribution in [0.3, 0.4) is 0 Å². The zero-order valence-electron chi connectivity index (χ0n) is 19.1. The Hall–Kier alpha value is -3.77. The minimum Gasteiger partial charge on any atom is -0.419 e. The molecule has 0 saturated carbocycles. The molecule has 6 heteroatoms. The Morgan fingerprint density at radius 2 is 1.24 bits per heavy atom. The van der Waals surface area contributed by atoms with E-state index in [1.165, 1.54) is 12.1 Å². The van der Waals surface area contributed by atoms with Crippen LogP contribution >= 0.6 is 0 Å². The number of rotatable bonds is 8. The van der Waals surface area contributed by atoms with E-state index in [4.69, 9.17) is 9.47 Å². The summed E-state index contributed by atoms with van der Waals surface area (Å²) in [4.78, 5) is 37.1. The second-order valence-electron chi connectivity index (χ2n) is 8.15. The van der Waals surface area contributed by atoms with Gasteiger partial charge in [0.05, 0.1) is 17.2 Å². The molecule has 0 saturated heterocycles. The molecule has 1 atom stereocenters. The molecule has 0 heterocycles. The number of hydrogen-bond acceptors (Lipinski definition) is 6. The van der Waals surface area contributed by atoms with Crippen molar-refractivity contribution in [2.24, 2.45) is 0 Å². The van der Waals surface area contributed by atoms with Crippen LogP contribution in [0.15, 0.2) is 66.7 Å². The molecule has 170 valence electrons. The number of esters is 2. The van der Waals surface area contributed by atoms with E-state index in [1.807, 2.05) is 39.8 Å². The Labute approximate surface area is 193 Å². The van der Waals surface area contributed by atoms with Gasteiger partial charge in [0.25, 0.3) is 0 Å². The van der Waals surface area contributed by atoms with E-state index >= 15 is 0 Å². The first-order chi connectivity index (χ1) is 15.8. The summed E-state index contributed by atoms with van der Waals surface area (Å²) < 4.78 is 11.2. The number of aryl methyl sites for hydroxylation is 2. The molecule has 0 aliphatic rings. The second kappa shape index (κ2) is 10.7. The van der Waals surface area contributed by atoms with Crippen molar-refractivity contribution in [3.05, 3.63) is 94.5 Å². The zero-order chi connectivity index (χ0) is 24.0. The molecular weight excluding hydrogens is 418 g/mol. The fraction of sp³-hybridized carbons (Fsp3) is 0.222. The van der Waals surface area contributed by atoms with Gasteiger partial charge in [-0.2, -0.15) is 0 Å². The van der Waals surface area contributed by atoms with Crippen molar-refractivity contribution in [1.82, 2.24) is 5.32 Å². The van der Waals surface area contributed by atoms with E-state index in [1.54, 1.807) is 42.5 Å². The van der Waals surface area contributed by atoms with Gasteiger partial charge in [-0.15, -0.1) is 0 Å². The molecule has 3 aromatic rings. The van der Waals surface area contributed by atoms with Gasteiger partial charge < -0.3 is 19.6 Å². The van der Waals surface area contributed by atoms with Crippen molar-refractivity contribution in [3.63, 3.8) is 0 Å². The quantitative estimate of drug-likeness (QED) is 0.299. The third-order valence-electron chi connectivity index (χ3n) is 4.96. The summed E-state index contributed by atoms with van der Waals surface area (Å²) in [6, 6.07) is 18.1. The number of ether oxygens (including phenoxy) is 2. The summed E-state index contributed by atoms with van der Waals surface area (Å²) in [6.07, 6.45) is 0.777. The lowest BCUT2D eigenvalue weighted by molar-refractivity contribution is -0.109. The van der Waals surface area contributed by atoms with E-state index in [-0.39, 0.29) is 17.5 Å². The largest absolute Gasteiger partial charge is 0.419 e. The number of nitrogens with one attached hydrogen (secondary N) is 1. The number of hydrogen-bond donors (Lipinski definition) is 1. The minimum absolute atomic E-state index is 0.0518. The molecule has 3 aromatic carbocycles. The Bertz CT molecular complexity index is 1130. The highest BCUT2D eigenvalue weighted by molar-refractivity contribution is 5.93. The maximum Gasteiger partial charge on any atom is 0.343 e. The second-order valence-corrected chi connectivity index (χ2v) is 8.15. The summed E-state index contributed by atoms with van der Waals surface area (Å²) in [6.45, 7) is 7.69. The number of benzene rings is 3. The van der Waals surface area contributed by atoms with Gasteiger partial charge in [0.15, 0.2) is 11.5 Å². The Balaban J connectivity index is 1.93. The molecule has 0 aliphatic carbocycles. The standard InChI is InChI=1S/C27H27NO5/c1-17(2)28-23(16-29)22-13-14-24(32-26(30)20-9-5-18(3)6-10-20)25(15-22)33-27(31)21-11-7-19(4)8-12-21/h5-17,23,28H,1-4H3. The smallest absolute Gasteiger partial charge is 0.343 e. The van der Waals surface area contributed by atoms with Crippen LogP contribution in [0.25, 0.3) is 0 Å². The summed E-state index contributed by atoms with van der Waals surface area (Å²) >= 11 is 0. The molecule has 0 aromatic heterocycles. The highest BCUT2D eigenvalue weighted by Gasteiger charge is 2.20. The highest BCUT2D eigenvalue weighted by Crippen LogP contribution is 2.32. The summed E-state index contributed by atoms with van der Waals surface area (Å²) in [5.74, 6) is -1.04. The van der Waals surface area contributed by atoms with Crippen LogP contribution in [0.5, 0.6) is 11.5 Å². The number of aldehydes is 1. The van der Waals surface area contributed by atoms with Gasteiger partial charge in [-0.25, -0.2) is 9.59 Å². The van der Waals surface area contributed by atoms with Crippen LogP contribution in [-0.2, 0) is 4.79 Å². The molecule has 0 fully saturated rings. The van der Waals surface area contributed by atoms with Crippen LogP contribution < -0.4 is 14.8 Å². The molecule has 0 aliphatic heterocycles. The van der Waals surface area contributed by atoms with Gasteiger partial charge in [-0.3, -0.25) is 0 Å². The van der Waals surface area contributed by atoms with Crippen molar-refractivity contribution in [1.29, 1.82) is 0 Å². The fourth-order valence-electron chi connectivity index (χ4n) is 3.15. The first kappa shape index (κ1) is 23.9. The van der Waals surface area contributed by atoms with Crippen LogP contribution in [-0.4, -0.2) is 24.3 Å². The van der Waals surface area contributed by atoms with Crippen molar-refractivity contribution in [2.75, 3.05) is 0 Å². The fourth-order valence-corrected chi connectivity index (χ4v) is 3.15. The van der Waals surface area contributed by atoms with E-state index in [9.17, 15) is 14.4 Å². The van der Waals surface area contributed by atoms with E-state index < -0.39 is 18.0 Å². The van der Waals surface area contributed by atoms with Gasteiger partial charge in [-0.05, 0) is 69.7 Å². The number of carbonyl (C=O) groups is 3. The normalized spacial score (nSPS) is 11.7. The Morgan fingerprint density at radius 1 is 0.758 bits per heavy atom. The van der Waals surface area contributed by atoms with Crippen molar-refractivity contribution >= 4 is 18.2 Å². The lowest BCUT2D eigenvalue weighted by Crippen LogP contribution is -2.29. The summed E-state index contributed by atoms with van der Waals surface area (Å²) in [7, 11) is 0. The van der Waals surface area contributed by atoms with Gasteiger partial charge in [0, 0.05) is 6.04 Å². The average Bonchev–Trinajstić information content (AvgIpc) is 2.79. The lowest BCUT2D eigenvalue weighted by atomic mass is 10.1. The lowest BCUT2D eigenvalue weighted by Gasteiger charge is -2.18. The van der Waals surface area contributed by atoms with E-state index in [0.29, 0.717) is 16.7 Å². The zero-order valence-corrected chi connectivity index (χ0v) is 19.1. The first-order valence-electron chi connectivity index (χ1n) is 10.7. The monoisotopic (exact) mass is 445 g/mol. The molecule has 0 bridgehead atoms.